The van der Waals surface area contributed by atoms with Gasteiger partial charge in [0.1, 0.15) is 6.61 Å². The maximum Gasteiger partial charge on any atom is 0.226 e. The molecule has 0 spiro atoms. The molecule has 2 rings (SSSR count). The number of para-hydroxylation sites is 1. The molecule has 0 aliphatic carbocycles. The summed E-state index contributed by atoms with van der Waals surface area (Å²) >= 11 is 5.85. The van der Waals surface area contributed by atoms with Gasteiger partial charge in [0.15, 0.2) is 0 Å². The minimum absolute atomic E-state index is 0.212. The lowest BCUT2D eigenvalue weighted by Crippen LogP contribution is -2.19. The number of likely N-dealkylation sites (N-methyl/N-ethyl adjacent to an activating group) is 1. The summed E-state index contributed by atoms with van der Waals surface area (Å²) in [4.78, 5) is 10.3. The number of fused-ring (bicyclic) bond motifs is 1. The van der Waals surface area contributed by atoms with E-state index in [9.17, 15) is 0 Å². The maximum atomic E-state index is 5.85. The van der Waals surface area contributed by atoms with Crippen LogP contribution in [0.25, 0.3) is 10.9 Å². The normalized spacial score (nSPS) is 11.1. The molecule has 1 aromatic carbocycles. The Balaban J connectivity index is 2.26. The minimum Gasteiger partial charge on any atom is -0.476 e. The van der Waals surface area contributed by atoms with Crippen molar-refractivity contribution in [2.24, 2.45) is 0 Å². The molecule has 1 heterocycles. The van der Waals surface area contributed by atoms with E-state index < -0.39 is 0 Å². The van der Waals surface area contributed by atoms with Crippen molar-refractivity contribution in [1.29, 1.82) is 0 Å². The first-order valence-corrected chi connectivity index (χ1v) is 5.74. The van der Waals surface area contributed by atoms with E-state index in [1.54, 1.807) is 0 Å². The molecule has 4 nitrogen and oxygen atoms in total. The van der Waals surface area contributed by atoms with E-state index >= 15 is 0 Å². The van der Waals surface area contributed by atoms with Gasteiger partial charge in [-0.1, -0.05) is 12.1 Å². The molecule has 17 heavy (non-hydrogen) atoms. The number of ether oxygens (including phenoxy) is 1. The van der Waals surface area contributed by atoms with Crippen LogP contribution in [0.5, 0.6) is 5.88 Å². The lowest BCUT2D eigenvalue weighted by molar-refractivity contribution is 0.256. The number of nitrogens with zero attached hydrogens (tertiary/aromatic N) is 3. The summed E-state index contributed by atoms with van der Waals surface area (Å²) in [5, 5.41) is 1.10. The lowest BCUT2D eigenvalue weighted by atomic mass is 10.2. The Morgan fingerprint density at radius 3 is 2.76 bits per heavy atom. The Morgan fingerprint density at radius 1 is 1.24 bits per heavy atom. The number of hydrogen-bond acceptors (Lipinski definition) is 4. The molecular formula is C12H14ClN3O. The standard InChI is InChI=1S/C12H14ClN3O/c1-16(2)7-8-17-11-9-5-3-4-6-10(9)14-12(13)15-11/h3-6H,7-8H2,1-2H3. The molecule has 0 saturated carbocycles. The highest BCUT2D eigenvalue weighted by Gasteiger charge is 2.07. The van der Waals surface area contributed by atoms with E-state index in [0.717, 1.165) is 17.4 Å². The van der Waals surface area contributed by atoms with E-state index in [1.165, 1.54) is 0 Å². The molecule has 1 aromatic heterocycles. The van der Waals surface area contributed by atoms with Crippen molar-refractivity contribution in [2.75, 3.05) is 27.2 Å². The van der Waals surface area contributed by atoms with Gasteiger partial charge in [0.05, 0.1) is 10.9 Å². The van der Waals surface area contributed by atoms with Crippen molar-refractivity contribution >= 4 is 22.5 Å². The molecular weight excluding hydrogens is 238 g/mol. The zero-order valence-corrected chi connectivity index (χ0v) is 10.6. The van der Waals surface area contributed by atoms with Gasteiger partial charge in [0.25, 0.3) is 0 Å². The first-order chi connectivity index (χ1) is 8.16. The molecule has 0 fully saturated rings. The van der Waals surface area contributed by atoms with Crippen LogP contribution in [0.1, 0.15) is 0 Å². The van der Waals surface area contributed by atoms with Crippen LogP contribution < -0.4 is 4.74 Å². The number of hydrogen-bond donors (Lipinski definition) is 0. The lowest BCUT2D eigenvalue weighted by Gasteiger charge is -2.11. The van der Waals surface area contributed by atoms with E-state index in [-0.39, 0.29) is 5.28 Å². The van der Waals surface area contributed by atoms with Crippen LogP contribution in [0, 0.1) is 0 Å². The van der Waals surface area contributed by atoms with Crippen molar-refractivity contribution in [1.82, 2.24) is 14.9 Å². The first kappa shape index (κ1) is 12.1. The highest BCUT2D eigenvalue weighted by atomic mass is 35.5. The van der Waals surface area contributed by atoms with E-state index in [1.807, 2.05) is 43.3 Å². The van der Waals surface area contributed by atoms with Crippen LogP contribution in [0.15, 0.2) is 24.3 Å². The second-order valence-electron chi connectivity index (χ2n) is 3.97. The molecule has 0 saturated heterocycles. The van der Waals surface area contributed by atoms with E-state index in [4.69, 9.17) is 16.3 Å². The Labute approximate surface area is 105 Å². The highest BCUT2D eigenvalue weighted by molar-refractivity contribution is 6.28. The summed E-state index contributed by atoms with van der Waals surface area (Å²) in [7, 11) is 3.99. The molecule has 0 amide bonds. The zero-order valence-electron chi connectivity index (χ0n) is 9.85. The van der Waals surface area contributed by atoms with Crippen molar-refractivity contribution in [3.63, 3.8) is 0 Å². The molecule has 2 aromatic rings. The molecule has 0 aliphatic rings. The first-order valence-electron chi connectivity index (χ1n) is 5.36. The van der Waals surface area contributed by atoms with Gasteiger partial charge < -0.3 is 9.64 Å². The molecule has 90 valence electrons. The average Bonchev–Trinajstić information content (AvgIpc) is 2.28. The summed E-state index contributed by atoms with van der Waals surface area (Å²) in [5.74, 6) is 0.544. The summed E-state index contributed by atoms with van der Waals surface area (Å²) in [6.45, 7) is 1.40. The van der Waals surface area contributed by atoms with Crippen LogP contribution in [0.4, 0.5) is 0 Å². The molecule has 0 unspecified atom stereocenters. The fourth-order valence-electron chi connectivity index (χ4n) is 1.46. The number of halogens is 1. The fraction of sp³-hybridized carbons (Fsp3) is 0.333. The van der Waals surface area contributed by atoms with E-state index in [2.05, 4.69) is 9.97 Å². The largest absolute Gasteiger partial charge is 0.476 e. The SMILES string of the molecule is CN(C)CCOc1nc(Cl)nc2ccccc12. The van der Waals surface area contributed by atoms with Crippen molar-refractivity contribution in [2.45, 2.75) is 0 Å². The third-order valence-corrected chi connectivity index (χ3v) is 2.49. The van der Waals surface area contributed by atoms with Gasteiger partial charge in [-0.25, -0.2) is 4.98 Å². The average molecular weight is 252 g/mol. The Morgan fingerprint density at radius 2 is 2.00 bits per heavy atom. The molecule has 5 heteroatoms. The second kappa shape index (κ2) is 5.29. The van der Waals surface area contributed by atoms with Gasteiger partial charge >= 0.3 is 0 Å². The molecule has 0 atom stereocenters. The van der Waals surface area contributed by atoms with Crippen LogP contribution >= 0.6 is 11.6 Å². The van der Waals surface area contributed by atoms with Crippen LogP contribution in [-0.2, 0) is 0 Å². The molecule has 0 aliphatic heterocycles. The number of benzene rings is 1. The van der Waals surface area contributed by atoms with Crippen molar-refractivity contribution < 1.29 is 4.74 Å². The van der Waals surface area contributed by atoms with Crippen LogP contribution in [0.3, 0.4) is 0 Å². The molecule has 0 radical (unpaired) electrons. The predicted octanol–water partition coefficient (Wildman–Crippen LogP) is 2.22. The van der Waals surface area contributed by atoms with Gasteiger partial charge in [-0.15, -0.1) is 0 Å². The highest BCUT2D eigenvalue weighted by Crippen LogP contribution is 2.23. The second-order valence-corrected chi connectivity index (χ2v) is 4.30. The van der Waals surface area contributed by atoms with Crippen LogP contribution in [0.2, 0.25) is 5.28 Å². The topological polar surface area (TPSA) is 38.2 Å². The number of aromatic nitrogens is 2. The van der Waals surface area contributed by atoms with Crippen molar-refractivity contribution in [3.8, 4) is 5.88 Å². The zero-order chi connectivity index (χ0) is 12.3. The Bertz CT molecular complexity index is 516. The Hall–Kier alpha value is -1.39. The van der Waals surface area contributed by atoms with E-state index in [0.29, 0.717) is 12.5 Å². The van der Waals surface area contributed by atoms with Gasteiger partial charge in [-0.3, -0.25) is 0 Å². The van der Waals surface area contributed by atoms with Gasteiger partial charge in [-0.2, -0.15) is 4.98 Å². The van der Waals surface area contributed by atoms with Gasteiger partial charge in [0, 0.05) is 6.54 Å². The summed E-state index contributed by atoms with van der Waals surface area (Å²) in [5.41, 5.74) is 0.798. The molecule has 0 N–H and O–H groups in total. The quantitative estimate of drug-likeness (QED) is 0.781. The van der Waals surface area contributed by atoms with Gasteiger partial charge in [-0.05, 0) is 37.8 Å². The Kier molecular flexibility index (Phi) is 3.76. The third kappa shape index (κ3) is 3.05. The summed E-state index contributed by atoms with van der Waals surface area (Å²) in [6, 6.07) is 7.66. The third-order valence-electron chi connectivity index (χ3n) is 2.32. The predicted molar refractivity (Wildman–Crippen MR) is 68.6 cm³/mol. The maximum absolute atomic E-state index is 5.85. The van der Waals surface area contributed by atoms with Crippen LogP contribution in [-0.4, -0.2) is 42.1 Å². The van der Waals surface area contributed by atoms with Crippen molar-refractivity contribution in [3.05, 3.63) is 29.5 Å². The summed E-state index contributed by atoms with van der Waals surface area (Å²) in [6.07, 6.45) is 0. The monoisotopic (exact) mass is 251 g/mol. The summed E-state index contributed by atoms with van der Waals surface area (Å²) < 4.78 is 5.63. The minimum atomic E-state index is 0.212. The smallest absolute Gasteiger partial charge is 0.226 e. The fourth-order valence-corrected chi connectivity index (χ4v) is 1.62. The molecule has 0 bridgehead atoms. The number of rotatable bonds is 4. The van der Waals surface area contributed by atoms with Gasteiger partial charge in [0.2, 0.25) is 11.2 Å².